The van der Waals surface area contributed by atoms with Crippen LogP contribution in [0.25, 0.3) is 0 Å². The molecule has 0 aliphatic rings. The van der Waals surface area contributed by atoms with E-state index >= 15 is 0 Å². The van der Waals surface area contributed by atoms with E-state index in [9.17, 15) is 28.8 Å². The fraction of sp³-hybridized carbons (Fsp3) is 0.829. The molecule has 0 saturated heterocycles. The third-order valence-corrected chi connectivity index (χ3v) is 8.43. The number of nitrogens with one attached hydrogen (secondary N) is 2. The van der Waals surface area contributed by atoms with E-state index in [1.165, 1.54) is 26.6 Å². The molecule has 0 bridgehead atoms. The smallest absolute Gasteiger partial charge is 0.245 e. The highest BCUT2D eigenvalue weighted by atomic mass is 16.2. The number of carbonyl (C=O) groups excluding carboxylic acids is 6. The predicted octanol–water partition coefficient (Wildman–Crippen LogP) is 3.00. The van der Waals surface area contributed by atoms with E-state index in [2.05, 4.69) is 10.6 Å². The van der Waals surface area contributed by atoms with Gasteiger partial charge in [-0.2, -0.15) is 0 Å². The van der Waals surface area contributed by atoms with Crippen molar-refractivity contribution >= 4 is 35.4 Å². The van der Waals surface area contributed by atoms with Gasteiger partial charge in [-0.15, -0.1) is 0 Å². The Labute approximate surface area is 284 Å². The lowest BCUT2D eigenvalue weighted by molar-refractivity contribution is -0.154. The van der Waals surface area contributed by atoms with Crippen molar-refractivity contribution in [3.8, 4) is 0 Å². The number of nitrogens with zero attached hydrogens (tertiary/aromatic N) is 4. The monoisotopic (exact) mass is 667 g/mol. The molecule has 0 aliphatic carbocycles. The fourth-order valence-corrected chi connectivity index (χ4v) is 5.76. The molecule has 0 aromatic rings. The van der Waals surface area contributed by atoms with Crippen molar-refractivity contribution in [2.45, 2.75) is 126 Å². The van der Waals surface area contributed by atoms with E-state index in [0.717, 1.165) is 0 Å². The van der Waals surface area contributed by atoms with Crippen LogP contribution in [-0.4, -0.2) is 120 Å². The van der Waals surface area contributed by atoms with Gasteiger partial charge in [-0.25, -0.2) is 0 Å². The van der Waals surface area contributed by atoms with Crippen LogP contribution in [-0.2, 0) is 28.8 Å². The van der Waals surface area contributed by atoms with Gasteiger partial charge in [0.05, 0.1) is 0 Å². The summed E-state index contributed by atoms with van der Waals surface area (Å²) in [6.07, 6.45) is 1.38. The largest absolute Gasteiger partial charge is 0.347 e. The third-order valence-electron chi connectivity index (χ3n) is 8.43. The molecule has 0 aromatic carbocycles. The Kier molecular flexibility index (Phi) is 18.3. The van der Waals surface area contributed by atoms with Gasteiger partial charge in [0.1, 0.15) is 30.2 Å². The normalized spacial score (nSPS) is 15.4. The summed E-state index contributed by atoms with van der Waals surface area (Å²) in [5, 5.41) is 5.40. The Bertz CT molecular complexity index is 1070. The SMILES string of the molecule is CC(C)C[C@H](C)C(=O)N[C@@H](C)C(=O)N[C@H](C)C(=O)N(C)[C@@H](CC(C)C)C(=O)N(C)[C@@H](CC(C)C)C(=O)N(C)[C@H](C(=O)N(C)C)C(C)C. The summed E-state index contributed by atoms with van der Waals surface area (Å²) in [5.41, 5.74) is 0. The van der Waals surface area contributed by atoms with Gasteiger partial charge in [0.15, 0.2) is 0 Å². The van der Waals surface area contributed by atoms with Gasteiger partial charge < -0.3 is 30.2 Å². The lowest BCUT2D eigenvalue weighted by atomic mass is 9.95. The van der Waals surface area contributed by atoms with Crippen molar-refractivity contribution in [2.24, 2.45) is 29.6 Å². The van der Waals surface area contributed by atoms with Crippen LogP contribution in [0.5, 0.6) is 0 Å². The van der Waals surface area contributed by atoms with Crippen LogP contribution >= 0.6 is 0 Å². The average Bonchev–Trinajstić information content (AvgIpc) is 2.95. The van der Waals surface area contributed by atoms with Gasteiger partial charge >= 0.3 is 0 Å². The first kappa shape index (κ1) is 43.8. The molecule has 6 atom stereocenters. The molecule has 0 saturated carbocycles. The summed E-state index contributed by atoms with van der Waals surface area (Å²) in [6, 6.07) is -4.30. The molecule has 0 radical (unpaired) electrons. The van der Waals surface area contributed by atoms with E-state index in [4.69, 9.17) is 0 Å². The minimum atomic E-state index is -0.976. The number of hydrogen-bond acceptors (Lipinski definition) is 6. The van der Waals surface area contributed by atoms with Crippen molar-refractivity contribution in [2.75, 3.05) is 35.2 Å². The van der Waals surface area contributed by atoms with Crippen molar-refractivity contribution in [3.63, 3.8) is 0 Å². The number of likely N-dealkylation sites (N-methyl/N-ethyl adjacent to an activating group) is 4. The highest BCUT2D eigenvalue weighted by Crippen LogP contribution is 2.22. The lowest BCUT2D eigenvalue weighted by Crippen LogP contribution is -2.60. The molecular formula is C35H66N6O6. The molecule has 2 N–H and O–H groups in total. The lowest BCUT2D eigenvalue weighted by Gasteiger charge is -2.39. The second kappa shape index (κ2) is 19.6. The van der Waals surface area contributed by atoms with E-state index in [0.29, 0.717) is 25.2 Å². The molecule has 0 unspecified atom stereocenters. The molecule has 0 fully saturated rings. The van der Waals surface area contributed by atoms with Crippen molar-refractivity contribution < 1.29 is 28.8 Å². The fourth-order valence-electron chi connectivity index (χ4n) is 5.76. The molecule has 12 heteroatoms. The van der Waals surface area contributed by atoms with Crippen LogP contribution in [0.1, 0.15) is 95.4 Å². The highest BCUT2D eigenvalue weighted by molar-refractivity contribution is 5.96. The van der Waals surface area contributed by atoms with Crippen LogP contribution in [0.2, 0.25) is 0 Å². The Morgan fingerprint density at radius 1 is 0.468 bits per heavy atom. The summed E-state index contributed by atoms with van der Waals surface area (Å²) in [6.45, 7) is 20.5. The summed E-state index contributed by atoms with van der Waals surface area (Å²) in [4.78, 5) is 86.0. The molecular weight excluding hydrogens is 600 g/mol. The first-order chi connectivity index (χ1) is 21.5. The highest BCUT2D eigenvalue weighted by Gasteiger charge is 2.40. The first-order valence-corrected chi connectivity index (χ1v) is 17.1. The predicted molar refractivity (Wildman–Crippen MR) is 186 cm³/mol. The van der Waals surface area contributed by atoms with E-state index < -0.39 is 47.9 Å². The van der Waals surface area contributed by atoms with Gasteiger partial charge in [0.2, 0.25) is 35.4 Å². The zero-order valence-electron chi connectivity index (χ0n) is 32.1. The van der Waals surface area contributed by atoms with Crippen LogP contribution < -0.4 is 10.6 Å². The summed E-state index contributed by atoms with van der Waals surface area (Å²) in [7, 11) is 7.99. The maximum atomic E-state index is 14.2. The van der Waals surface area contributed by atoms with Crippen molar-refractivity contribution in [3.05, 3.63) is 0 Å². The quantitative estimate of drug-likeness (QED) is 0.231. The molecule has 0 heterocycles. The number of rotatable bonds is 18. The zero-order chi connectivity index (χ0) is 37.1. The second-order valence-electron chi connectivity index (χ2n) is 15.1. The molecule has 12 nitrogen and oxygen atoms in total. The van der Waals surface area contributed by atoms with E-state index in [1.807, 2.05) is 62.3 Å². The first-order valence-electron chi connectivity index (χ1n) is 17.1. The van der Waals surface area contributed by atoms with Crippen molar-refractivity contribution in [1.29, 1.82) is 0 Å². The number of amides is 6. The zero-order valence-corrected chi connectivity index (χ0v) is 32.1. The summed E-state index contributed by atoms with van der Waals surface area (Å²) in [5.74, 6) is -2.16. The molecule has 47 heavy (non-hydrogen) atoms. The molecule has 0 spiro atoms. The summed E-state index contributed by atoms with van der Waals surface area (Å²) >= 11 is 0. The van der Waals surface area contributed by atoms with Gasteiger partial charge in [-0.3, -0.25) is 28.8 Å². The number of hydrogen-bond donors (Lipinski definition) is 2. The maximum absolute atomic E-state index is 14.2. The molecule has 0 aromatic heterocycles. The van der Waals surface area contributed by atoms with Crippen LogP contribution in [0, 0.1) is 29.6 Å². The van der Waals surface area contributed by atoms with Gasteiger partial charge in [0.25, 0.3) is 0 Å². The maximum Gasteiger partial charge on any atom is 0.245 e. The minimum Gasteiger partial charge on any atom is -0.347 e. The van der Waals surface area contributed by atoms with Gasteiger partial charge in [-0.05, 0) is 56.8 Å². The van der Waals surface area contributed by atoms with E-state index in [1.54, 1.807) is 42.0 Å². The van der Waals surface area contributed by atoms with Crippen LogP contribution in [0.15, 0.2) is 0 Å². The Hall–Kier alpha value is -3.18. The second-order valence-corrected chi connectivity index (χ2v) is 15.1. The molecule has 0 aliphatic heterocycles. The third kappa shape index (κ3) is 13.5. The summed E-state index contributed by atoms with van der Waals surface area (Å²) < 4.78 is 0. The Morgan fingerprint density at radius 2 is 0.851 bits per heavy atom. The molecule has 272 valence electrons. The van der Waals surface area contributed by atoms with Crippen molar-refractivity contribution in [1.82, 2.24) is 30.2 Å². The van der Waals surface area contributed by atoms with Crippen LogP contribution in [0.4, 0.5) is 0 Å². The molecule has 6 amide bonds. The topological polar surface area (TPSA) is 139 Å². The van der Waals surface area contributed by atoms with Gasteiger partial charge in [-0.1, -0.05) is 62.3 Å². The number of carbonyl (C=O) groups is 6. The molecule has 0 rings (SSSR count). The standard InChI is InChI=1S/C35H66N6O6/c1-20(2)17-24(9)30(42)36-25(10)31(43)37-26(11)32(44)39(14)27(18-21(3)4)33(45)40(15)28(19-22(5)6)34(46)41(16)29(23(7)8)35(47)38(12)13/h20-29H,17-19H2,1-16H3,(H,36,42)(H,37,43)/t24-,25-,26+,27-,28-,29-/m0/s1. The average molecular weight is 667 g/mol. The van der Waals surface area contributed by atoms with Gasteiger partial charge in [0, 0.05) is 41.2 Å². The minimum absolute atomic E-state index is 0.0329. The van der Waals surface area contributed by atoms with E-state index in [-0.39, 0.29) is 41.4 Å². The Balaban J connectivity index is 6.11. The Morgan fingerprint density at radius 3 is 1.23 bits per heavy atom. The van der Waals surface area contributed by atoms with Crippen LogP contribution in [0.3, 0.4) is 0 Å².